The average Bonchev–Trinajstić information content (AvgIpc) is 2.47. The van der Waals surface area contributed by atoms with Crippen LogP contribution in [0.4, 0.5) is 14.5 Å². The first-order chi connectivity index (χ1) is 10.1. The first-order valence-corrected chi connectivity index (χ1v) is 7.62. The molecule has 5 heteroatoms. The van der Waals surface area contributed by atoms with E-state index in [1.807, 2.05) is 6.07 Å². The fourth-order valence-electron chi connectivity index (χ4n) is 2.91. The minimum Gasteiger partial charge on any atom is -0.435 e. The van der Waals surface area contributed by atoms with Crippen molar-refractivity contribution < 1.29 is 13.5 Å². The number of halogens is 2. The maximum absolute atomic E-state index is 12.2. The zero-order chi connectivity index (χ0) is 15.2. The van der Waals surface area contributed by atoms with Crippen molar-refractivity contribution in [1.29, 1.82) is 0 Å². The summed E-state index contributed by atoms with van der Waals surface area (Å²) < 4.78 is 28.9. The second-order valence-corrected chi connectivity index (χ2v) is 5.61. The predicted molar refractivity (Wildman–Crippen MR) is 81.0 cm³/mol. The summed E-state index contributed by atoms with van der Waals surface area (Å²) in [6.45, 7) is 4.96. The first-order valence-electron chi connectivity index (χ1n) is 7.62. The van der Waals surface area contributed by atoms with Crippen LogP contribution in [0.1, 0.15) is 26.7 Å². The van der Waals surface area contributed by atoms with Crippen LogP contribution in [-0.2, 0) is 0 Å². The lowest BCUT2D eigenvalue weighted by molar-refractivity contribution is -0.0498. The minimum absolute atomic E-state index is 0.197. The Bertz CT molecular complexity index is 434. The third-order valence-electron chi connectivity index (χ3n) is 4.24. The molecule has 0 spiro atoms. The van der Waals surface area contributed by atoms with E-state index in [0.717, 1.165) is 25.3 Å². The Kier molecular flexibility index (Phi) is 5.79. The van der Waals surface area contributed by atoms with Gasteiger partial charge in [0, 0.05) is 17.8 Å². The number of hydrogen-bond donors (Lipinski definition) is 1. The van der Waals surface area contributed by atoms with Gasteiger partial charge in [-0.25, -0.2) is 0 Å². The number of hydrogen-bond acceptors (Lipinski definition) is 3. The van der Waals surface area contributed by atoms with E-state index in [1.165, 1.54) is 12.8 Å². The number of benzene rings is 1. The van der Waals surface area contributed by atoms with Gasteiger partial charge in [-0.05, 0) is 57.5 Å². The standard InChI is InChI=1S/C16H24F2N2O/c1-3-20-9-7-13(8-10-20)12(2)19-14-5-4-6-15(11-14)21-16(17)18/h4-6,11-13,16,19H,3,7-10H2,1-2H3. The Morgan fingerprint density at radius 3 is 2.67 bits per heavy atom. The second kappa shape index (κ2) is 7.59. The van der Waals surface area contributed by atoms with Crippen molar-refractivity contribution in [2.24, 2.45) is 5.92 Å². The molecule has 0 bridgehead atoms. The molecule has 1 unspecified atom stereocenters. The van der Waals surface area contributed by atoms with Gasteiger partial charge < -0.3 is 15.0 Å². The molecule has 1 atom stereocenters. The molecule has 1 saturated heterocycles. The zero-order valence-corrected chi connectivity index (χ0v) is 12.7. The van der Waals surface area contributed by atoms with E-state index in [2.05, 4.69) is 28.8 Å². The van der Waals surface area contributed by atoms with Crippen molar-refractivity contribution in [2.45, 2.75) is 39.3 Å². The van der Waals surface area contributed by atoms with Crippen molar-refractivity contribution in [1.82, 2.24) is 4.90 Å². The summed E-state index contributed by atoms with van der Waals surface area (Å²) in [6.07, 6.45) is 2.35. The lowest BCUT2D eigenvalue weighted by Crippen LogP contribution is -2.39. The summed E-state index contributed by atoms with van der Waals surface area (Å²) in [6, 6.07) is 7.11. The number of alkyl halides is 2. The van der Waals surface area contributed by atoms with E-state index in [9.17, 15) is 8.78 Å². The lowest BCUT2D eigenvalue weighted by Gasteiger charge is -2.34. The Balaban J connectivity index is 1.89. The van der Waals surface area contributed by atoms with E-state index in [0.29, 0.717) is 12.0 Å². The molecule has 1 aromatic carbocycles. The molecule has 1 aliphatic heterocycles. The summed E-state index contributed by atoms with van der Waals surface area (Å²) in [5.41, 5.74) is 0.832. The van der Waals surface area contributed by atoms with Crippen molar-refractivity contribution >= 4 is 5.69 Å². The second-order valence-electron chi connectivity index (χ2n) is 5.61. The van der Waals surface area contributed by atoms with E-state index in [-0.39, 0.29) is 5.75 Å². The van der Waals surface area contributed by atoms with Crippen LogP contribution >= 0.6 is 0 Å². The summed E-state index contributed by atoms with van der Waals surface area (Å²) in [7, 11) is 0. The van der Waals surface area contributed by atoms with Gasteiger partial charge in [-0.3, -0.25) is 0 Å². The fraction of sp³-hybridized carbons (Fsp3) is 0.625. The maximum atomic E-state index is 12.2. The van der Waals surface area contributed by atoms with Crippen LogP contribution in [0.15, 0.2) is 24.3 Å². The summed E-state index contributed by atoms with van der Waals surface area (Å²) in [5, 5.41) is 3.41. The third kappa shape index (κ3) is 4.84. The molecule has 0 saturated carbocycles. The molecule has 2 rings (SSSR count). The molecule has 1 aliphatic rings. The molecule has 21 heavy (non-hydrogen) atoms. The maximum Gasteiger partial charge on any atom is 0.387 e. The molecule has 118 valence electrons. The Morgan fingerprint density at radius 1 is 1.33 bits per heavy atom. The molecule has 1 N–H and O–H groups in total. The average molecular weight is 298 g/mol. The molecule has 1 aromatic rings. The SMILES string of the molecule is CCN1CCC(C(C)Nc2cccc(OC(F)F)c2)CC1. The normalized spacial score (nSPS) is 18.7. The van der Waals surface area contributed by atoms with E-state index in [1.54, 1.807) is 18.2 Å². The molecule has 0 amide bonds. The number of nitrogens with zero attached hydrogens (tertiary/aromatic N) is 1. The highest BCUT2D eigenvalue weighted by molar-refractivity contribution is 5.48. The number of likely N-dealkylation sites (tertiary alicyclic amines) is 1. The molecular weight excluding hydrogens is 274 g/mol. The monoisotopic (exact) mass is 298 g/mol. The fourth-order valence-corrected chi connectivity index (χ4v) is 2.91. The predicted octanol–water partition coefficient (Wildman–Crippen LogP) is 3.82. The van der Waals surface area contributed by atoms with Crippen LogP contribution in [0.2, 0.25) is 0 Å². The van der Waals surface area contributed by atoms with Crippen LogP contribution in [0.5, 0.6) is 5.75 Å². The number of ether oxygens (including phenoxy) is 1. The zero-order valence-electron chi connectivity index (χ0n) is 12.7. The minimum atomic E-state index is -2.78. The molecule has 1 heterocycles. The van der Waals surface area contributed by atoms with Gasteiger partial charge in [-0.15, -0.1) is 0 Å². The highest BCUT2D eigenvalue weighted by atomic mass is 19.3. The molecule has 3 nitrogen and oxygen atoms in total. The van der Waals surface area contributed by atoms with Crippen LogP contribution in [-0.4, -0.2) is 37.2 Å². The number of anilines is 1. The first kappa shape index (κ1) is 16.0. The summed E-state index contributed by atoms with van der Waals surface area (Å²) in [5.74, 6) is 0.815. The van der Waals surface area contributed by atoms with Crippen LogP contribution < -0.4 is 10.1 Å². The van der Waals surface area contributed by atoms with Gasteiger partial charge in [0.1, 0.15) is 5.75 Å². The Morgan fingerprint density at radius 2 is 2.05 bits per heavy atom. The van der Waals surface area contributed by atoms with Crippen molar-refractivity contribution in [3.05, 3.63) is 24.3 Å². The van der Waals surface area contributed by atoms with E-state index < -0.39 is 6.61 Å². The van der Waals surface area contributed by atoms with Gasteiger partial charge in [-0.1, -0.05) is 13.0 Å². The highest BCUT2D eigenvalue weighted by Crippen LogP contribution is 2.25. The van der Waals surface area contributed by atoms with Crippen molar-refractivity contribution in [3.63, 3.8) is 0 Å². The Labute approximate surface area is 125 Å². The number of rotatable bonds is 6. The summed E-state index contributed by atoms with van der Waals surface area (Å²) in [4.78, 5) is 2.46. The highest BCUT2D eigenvalue weighted by Gasteiger charge is 2.23. The third-order valence-corrected chi connectivity index (χ3v) is 4.24. The van der Waals surface area contributed by atoms with Gasteiger partial charge in [0.05, 0.1) is 0 Å². The topological polar surface area (TPSA) is 24.5 Å². The molecule has 1 fully saturated rings. The summed E-state index contributed by atoms with van der Waals surface area (Å²) >= 11 is 0. The number of piperidine rings is 1. The smallest absolute Gasteiger partial charge is 0.387 e. The number of nitrogens with one attached hydrogen (secondary N) is 1. The van der Waals surface area contributed by atoms with Gasteiger partial charge in [0.25, 0.3) is 0 Å². The van der Waals surface area contributed by atoms with Crippen LogP contribution in [0.3, 0.4) is 0 Å². The van der Waals surface area contributed by atoms with Crippen molar-refractivity contribution in [2.75, 3.05) is 25.0 Å². The largest absolute Gasteiger partial charge is 0.435 e. The molecular formula is C16H24F2N2O. The van der Waals surface area contributed by atoms with Gasteiger partial charge >= 0.3 is 6.61 Å². The Hall–Kier alpha value is -1.36. The lowest BCUT2D eigenvalue weighted by atomic mass is 9.90. The van der Waals surface area contributed by atoms with Gasteiger partial charge in [0.2, 0.25) is 0 Å². The van der Waals surface area contributed by atoms with Crippen LogP contribution in [0.25, 0.3) is 0 Å². The van der Waals surface area contributed by atoms with E-state index in [4.69, 9.17) is 0 Å². The van der Waals surface area contributed by atoms with Crippen LogP contribution in [0, 0.1) is 5.92 Å². The molecule has 0 aromatic heterocycles. The van der Waals surface area contributed by atoms with E-state index >= 15 is 0 Å². The van der Waals surface area contributed by atoms with Crippen molar-refractivity contribution in [3.8, 4) is 5.75 Å². The molecule has 0 aliphatic carbocycles. The van der Waals surface area contributed by atoms with Gasteiger partial charge in [0.15, 0.2) is 0 Å². The molecule has 0 radical (unpaired) electrons. The quantitative estimate of drug-likeness (QED) is 0.864. The van der Waals surface area contributed by atoms with Gasteiger partial charge in [-0.2, -0.15) is 8.78 Å².